The fourth-order valence-corrected chi connectivity index (χ4v) is 2.00. The summed E-state index contributed by atoms with van der Waals surface area (Å²) in [6, 6.07) is 13.2. The van der Waals surface area contributed by atoms with Gasteiger partial charge in [0.15, 0.2) is 0 Å². The molecular weight excluding hydrogens is 327 g/mol. The van der Waals surface area contributed by atoms with Crippen LogP contribution in [0, 0.1) is 10.5 Å². The molecule has 0 aliphatic rings. The average molecular weight is 338 g/mol. The Hall–Kier alpha value is -1.36. The summed E-state index contributed by atoms with van der Waals surface area (Å²) in [5.41, 5.74) is 1.62. The second kappa shape index (κ2) is 5.31. The molecule has 0 spiro atoms. The lowest BCUT2D eigenvalue weighted by Gasteiger charge is -2.10. The molecule has 0 unspecified atom stereocenters. The molecule has 17 heavy (non-hydrogen) atoms. The van der Waals surface area contributed by atoms with Crippen molar-refractivity contribution in [1.29, 1.82) is 0 Å². The lowest BCUT2D eigenvalue weighted by atomic mass is 10.1. The van der Waals surface area contributed by atoms with Crippen molar-refractivity contribution in [3.8, 4) is 11.5 Å². The number of aldehydes is 1. The number of halogens is 1. The smallest absolute Gasteiger partial charge is 0.150 e. The Morgan fingerprint density at radius 2 is 1.88 bits per heavy atom. The largest absolute Gasteiger partial charge is 0.456 e. The number of carbonyl (C=O) groups is 1. The summed E-state index contributed by atoms with van der Waals surface area (Å²) in [6.45, 7) is 1.93. The molecule has 0 aliphatic heterocycles. The van der Waals surface area contributed by atoms with Gasteiger partial charge in [-0.05, 0) is 65.4 Å². The zero-order valence-corrected chi connectivity index (χ0v) is 11.5. The Labute approximate surface area is 114 Å². The van der Waals surface area contributed by atoms with Gasteiger partial charge in [-0.15, -0.1) is 0 Å². The molecule has 0 heterocycles. The molecule has 2 rings (SSSR count). The fraction of sp³-hybridized carbons (Fsp3) is 0.0714. The van der Waals surface area contributed by atoms with Crippen molar-refractivity contribution in [2.24, 2.45) is 0 Å². The van der Waals surface area contributed by atoms with E-state index >= 15 is 0 Å². The molecule has 0 aliphatic carbocycles. The number of benzene rings is 2. The number of carbonyl (C=O) groups excluding carboxylic acids is 1. The minimum atomic E-state index is 0.664. The summed E-state index contributed by atoms with van der Waals surface area (Å²) in [4.78, 5) is 10.6. The van der Waals surface area contributed by atoms with Crippen LogP contribution in [0.3, 0.4) is 0 Å². The van der Waals surface area contributed by atoms with Crippen molar-refractivity contribution < 1.29 is 9.53 Å². The average Bonchev–Trinajstić information content (AvgIpc) is 2.34. The molecule has 2 aromatic carbocycles. The van der Waals surface area contributed by atoms with Crippen LogP contribution in [-0.2, 0) is 0 Å². The molecule has 0 bridgehead atoms. The van der Waals surface area contributed by atoms with Crippen LogP contribution in [-0.4, -0.2) is 6.29 Å². The molecule has 0 radical (unpaired) electrons. The van der Waals surface area contributed by atoms with Crippen molar-refractivity contribution >= 4 is 28.9 Å². The fourth-order valence-electron chi connectivity index (χ4n) is 1.51. The zero-order valence-electron chi connectivity index (χ0n) is 9.31. The van der Waals surface area contributed by atoms with E-state index in [4.69, 9.17) is 4.74 Å². The SMILES string of the molecule is Cc1cc(C=O)ccc1Oc1ccccc1I. The summed E-state index contributed by atoms with van der Waals surface area (Å²) < 4.78 is 6.88. The van der Waals surface area contributed by atoms with E-state index in [0.717, 1.165) is 26.9 Å². The van der Waals surface area contributed by atoms with Crippen LogP contribution >= 0.6 is 22.6 Å². The Morgan fingerprint density at radius 1 is 1.12 bits per heavy atom. The van der Waals surface area contributed by atoms with Crippen molar-refractivity contribution in [2.75, 3.05) is 0 Å². The minimum Gasteiger partial charge on any atom is -0.456 e. The predicted octanol–water partition coefficient (Wildman–Crippen LogP) is 4.20. The first-order valence-corrected chi connectivity index (χ1v) is 6.27. The highest BCUT2D eigenvalue weighted by Crippen LogP contribution is 2.28. The molecule has 0 N–H and O–H groups in total. The van der Waals surface area contributed by atoms with Crippen molar-refractivity contribution in [3.05, 3.63) is 57.2 Å². The maximum Gasteiger partial charge on any atom is 0.150 e. The highest BCUT2D eigenvalue weighted by Gasteiger charge is 2.04. The minimum absolute atomic E-state index is 0.664. The second-order valence-corrected chi connectivity index (χ2v) is 4.84. The van der Waals surface area contributed by atoms with Crippen LogP contribution in [0.25, 0.3) is 0 Å². The Morgan fingerprint density at radius 3 is 2.53 bits per heavy atom. The number of rotatable bonds is 3. The van der Waals surface area contributed by atoms with Crippen LogP contribution < -0.4 is 4.74 Å². The molecular formula is C14H11IO2. The van der Waals surface area contributed by atoms with E-state index in [9.17, 15) is 4.79 Å². The monoisotopic (exact) mass is 338 g/mol. The highest BCUT2D eigenvalue weighted by molar-refractivity contribution is 14.1. The number of para-hydroxylation sites is 1. The van der Waals surface area contributed by atoms with Crippen LogP contribution in [0.15, 0.2) is 42.5 Å². The van der Waals surface area contributed by atoms with Gasteiger partial charge in [0.2, 0.25) is 0 Å². The number of ether oxygens (including phenoxy) is 1. The number of hydrogen-bond donors (Lipinski definition) is 0. The molecule has 0 atom stereocenters. The molecule has 2 nitrogen and oxygen atoms in total. The van der Waals surface area contributed by atoms with E-state index < -0.39 is 0 Å². The van der Waals surface area contributed by atoms with Gasteiger partial charge >= 0.3 is 0 Å². The summed E-state index contributed by atoms with van der Waals surface area (Å²) in [5.74, 6) is 1.61. The first-order valence-electron chi connectivity index (χ1n) is 5.19. The van der Waals surface area contributed by atoms with Crippen LogP contribution in [0.4, 0.5) is 0 Å². The number of hydrogen-bond acceptors (Lipinski definition) is 2. The van der Waals surface area contributed by atoms with Crippen LogP contribution in [0.2, 0.25) is 0 Å². The van der Waals surface area contributed by atoms with E-state index in [-0.39, 0.29) is 0 Å². The van der Waals surface area contributed by atoms with E-state index in [0.29, 0.717) is 5.56 Å². The van der Waals surface area contributed by atoms with Gasteiger partial charge in [-0.25, -0.2) is 0 Å². The summed E-state index contributed by atoms with van der Waals surface area (Å²) in [6.07, 6.45) is 0.836. The van der Waals surface area contributed by atoms with Gasteiger partial charge in [-0.1, -0.05) is 12.1 Å². The first kappa shape index (κ1) is 12.1. The molecule has 0 aromatic heterocycles. The second-order valence-electron chi connectivity index (χ2n) is 3.68. The van der Waals surface area contributed by atoms with Gasteiger partial charge in [0.05, 0.1) is 3.57 Å². The molecule has 0 saturated heterocycles. The Bertz CT molecular complexity index is 550. The van der Waals surface area contributed by atoms with Crippen LogP contribution in [0.1, 0.15) is 15.9 Å². The molecule has 2 aromatic rings. The summed E-state index contributed by atoms with van der Waals surface area (Å²) in [7, 11) is 0. The Kier molecular flexibility index (Phi) is 3.78. The maximum atomic E-state index is 10.6. The van der Waals surface area contributed by atoms with Gasteiger partial charge in [-0.2, -0.15) is 0 Å². The molecule has 3 heteroatoms. The van der Waals surface area contributed by atoms with E-state index in [2.05, 4.69) is 22.6 Å². The van der Waals surface area contributed by atoms with Gasteiger partial charge in [0.25, 0.3) is 0 Å². The standard InChI is InChI=1S/C14H11IO2/c1-10-8-11(9-16)6-7-13(10)17-14-5-3-2-4-12(14)15/h2-9H,1H3. The third kappa shape index (κ3) is 2.85. The lowest BCUT2D eigenvalue weighted by Crippen LogP contribution is -1.91. The molecule has 0 amide bonds. The first-order chi connectivity index (χ1) is 8.20. The van der Waals surface area contributed by atoms with Gasteiger partial charge in [0, 0.05) is 5.56 Å². The van der Waals surface area contributed by atoms with Crippen molar-refractivity contribution in [1.82, 2.24) is 0 Å². The highest BCUT2D eigenvalue weighted by atomic mass is 127. The summed E-state index contributed by atoms with van der Waals surface area (Å²) >= 11 is 2.23. The van der Waals surface area contributed by atoms with Gasteiger partial charge in [0.1, 0.15) is 17.8 Å². The molecule has 0 saturated carbocycles. The summed E-state index contributed by atoms with van der Waals surface area (Å²) in [5, 5.41) is 0. The molecule has 86 valence electrons. The van der Waals surface area contributed by atoms with E-state index in [1.54, 1.807) is 6.07 Å². The van der Waals surface area contributed by atoms with E-state index in [1.165, 1.54) is 0 Å². The van der Waals surface area contributed by atoms with E-state index in [1.807, 2.05) is 43.3 Å². The zero-order chi connectivity index (χ0) is 12.3. The predicted molar refractivity (Wildman–Crippen MR) is 75.8 cm³/mol. The van der Waals surface area contributed by atoms with Gasteiger partial charge in [-0.3, -0.25) is 4.79 Å². The normalized spacial score (nSPS) is 10.0. The topological polar surface area (TPSA) is 26.3 Å². The van der Waals surface area contributed by atoms with Gasteiger partial charge < -0.3 is 4.74 Å². The third-order valence-corrected chi connectivity index (χ3v) is 3.28. The van der Waals surface area contributed by atoms with Crippen molar-refractivity contribution in [2.45, 2.75) is 6.92 Å². The number of aryl methyl sites for hydroxylation is 1. The maximum absolute atomic E-state index is 10.6. The third-order valence-electron chi connectivity index (χ3n) is 2.39. The molecule has 0 fully saturated rings. The quantitative estimate of drug-likeness (QED) is 0.619. The lowest BCUT2D eigenvalue weighted by molar-refractivity contribution is 0.112. The van der Waals surface area contributed by atoms with Crippen molar-refractivity contribution in [3.63, 3.8) is 0 Å². The Balaban J connectivity index is 2.31. The van der Waals surface area contributed by atoms with Crippen LogP contribution in [0.5, 0.6) is 11.5 Å².